The van der Waals surface area contributed by atoms with Crippen LogP contribution in [0.25, 0.3) is 11.1 Å². The van der Waals surface area contributed by atoms with E-state index in [1.807, 2.05) is 26.0 Å². The van der Waals surface area contributed by atoms with Gasteiger partial charge in [0.05, 0.1) is 37.4 Å². The summed E-state index contributed by atoms with van der Waals surface area (Å²) < 4.78 is 25.4. The minimum absolute atomic E-state index is 0.0333. The number of aromatic nitrogens is 1. The van der Waals surface area contributed by atoms with Crippen molar-refractivity contribution < 1.29 is 23.6 Å². The van der Waals surface area contributed by atoms with Crippen LogP contribution < -0.4 is 19.7 Å². The summed E-state index contributed by atoms with van der Waals surface area (Å²) in [6, 6.07) is 15.0. The maximum atomic E-state index is 13.5. The number of hydrogen-bond acceptors (Lipinski definition) is 4. The summed E-state index contributed by atoms with van der Waals surface area (Å²) in [7, 11) is 1.66. The molecule has 2 aliphatic rings. The molecule has 4 unspecified atom stereocenters. The normalized spacial score (nSPS) is 22.5. The Kier molecular flexibility index (Phi) is 7.42. The number of halogens is 1. The molecule has 0 bridgehead atoms. The number of quaternary nitrogens is 1. The summed E-state index contributed by atoms with van der Waals surface area (Å²) in [5, 5.41) is 3.29. The molecular formula is C30H35FN3O3+. The molecule has 2 heterocycles. The molecule has 0 radical (unpaired) electrons. The monoisotopic (exact) mass is 504 g/mol. The number of methoxy groups -OCH3 is 1. The molecule has 194 valence electrons. The van der Waals surface area contributed by atoms with Crippen LogP contribution in [-0.4, -0.2) is 43.2 Å². The van der Waals surface area contributed by atoms with Gasteiger partial charge in [-0.2, -0.15) is 0 Å². The van der Waals surface area contributed by atoms with Gasteiger partial charge in [0.25, 0.3) is 5.91 Å². The second kappa shape index (κ2) is 10.9. The molecule has 0 spiro atoms. The van der Waals surface area contributed by atoms with Crippen molar-refractivity contribution in [2.24, 2.45) is 5.92 Å². The molecule has 6 nitrogen and oxygen atoms in total. The fraction of sp³-hybridized carbons (Fsp3) is 0.400. The molecule has 3 aromatic rings. The molecular weight excluding hydrogens is 469 g/mol. The van der Waals surface area contributed by atoms with E-state index < -0.39 is 0 Å². The van der Waals surface area contributed by atoms with Crippen molar-refractivity contribution in [1.29, 1.82) is 0 Å². The van der Waals surface area contributed by atoms with Crippen LogP contribution in [0.1, 0.15) is 47.8 Å². The molecule has 5 rings (SSSR count). The van der Waals surface area contributed by atoms with Crippen LogP contribution in [0.15, 0.2) is 54.7 Å². The number of amides is 1. The highest BCUT2D eigenvalue weighted by atomic mass is 19.1. The molecule has 1 saturated heterocycles. The maximum Gasteiger partial charge on any atom is 0.253 e. The van der Waals surface area contributed by atoms with Gasteiger partial charge >= 0.3 is 0 Å². The van der Waals surface area contributed by atoms with E-state index in [0.29, 0.717) is 24.1 Å². The van der Waals surface area contributed by atoms with E-state index in [1.54, 1.807) is 25.4 Å². The number of fused-ring (bicyclic) bond motifs is 1. The minimum atomic E-state index is -0.272. The lowest BCUT2D eigenvalue weighted by atomic mass is 9.99. The van der Waals surface area contributed by atoms with E-state index in [-0.39, 0.29) is 17.8 Å². The Morgan fingerprint density at radius 3 is 2.59 bits per heavy atom. The van der Waals surface area contributed by atoms with E-state index in [0.717, 1.165) is 66.2 Å². The Labute approximate surface area is 217 Å². The van der Waals surface area contributed by atoms with Crippen LogP contribution in [0.5, 0.6) is 11.5 Å². The first-order valence-electron chi connectivity index (χ1n) is 13.1. The Morgan fingerprint density at radius 2 is 1.89 bits per heavy atom. The first-order valence-corrected chi connectivity index (χ1v) is 13.1. The third kappa shape index (κ3) is 5.32. The third-order valence-corrected chi connectivity index (χ3v) is 7.85. The predicted molar refractivity (Wildman–Crippen MR) is 140 cm³/mol. The zero-order chi connectivity index (χ0) is 25.9. The van der Waals surface area contributed by atoms with Crippen LogP contribution in [0.4, 0.5) is 4.39 Å². The third-order valence-electron chi connectivity index (χ3n) is 7.85. The van der Waals surface area contributed by atoms with Crippen LogP contribution in [0.3, 0.4) is 0 Å². The highest BCUT2D eigenvalue weighted by Gasteiger charge is 2.47. The average molecular weight is 505 g/mol. The number of aryl methyl sites for hydroxylation is 1. The summed E-state index contributed by atoms with van der Waals surface area (Å²) in [5.74, 6) is 1.65. The number of carbonyl (C=O) groups is 1. The molecule has 4 atom stereocenters. The van der Waals surface area contributed by atoms with Gasteiger partial charge < -0.3 is 19.7 Å². The van der Waals surface area contributed by atoms with Gasteiger partial charge in [-0.25, -0.2) is 4.39 Å². The van der Waals surface area contributed by atoms with Crippen molar-refractivity contribution in [2.75, 3.05) is 20.3 Å². The molecule has 37 heavy (non-hydrogen) atoms. The molecule has 1 aromatic heterocycles. The predicted octanol–water partition coefficient (Wildman–Crippen LogP) is 3.97. The highest BCUT2D eigenvalue weighted by Crippen LogP contribution is 2.40. The first kappa shape index (κ1) is 25.2. The SMILES string of the molecule is CCOc1cc(C[NH+]2CCC3C(NC(=O)c4ccc(C)nc4)CCC32)cc(OC)c1-c1ccc(F)cc1. The van der Waals surface area contributed by atoms with Gasteiger partial charge in [-0.05, 0) is 62.2 Å². The number of carbonyl (C=O) groups excluding carboxylic acids is 1. The van der Waals surface area contributed by atoms with Crippen molar-refractivity contribution in [2.45, 2.75) is 51.7 Å². The standard InChI is InChI=1S/C30H34FN3O3/c1-4-37-28-16-20(15-27(36-3)29(28)21-7-9-23(31)10-8-21)18-34-14-13-24-25(11-12-26(24)34)33-30(35)22-6-5-19(2)32-17-22/h5-10,15-17,24-26H,4,11-14,18H2,1-3H3,(H,33,35)/p+1. The zero-order valence-electron chi connectivity index (χ0n) is 21.7. The van der Waals surface area contributed by atoms with Gasteiger partial charge in [0.1, 0.15) is 23.9 Å². The van der Waals surface area contributed by atoms with Crippen LogP contribution in [-0.2, 0) is 6.54 Å². The second-order valence-electron chi connectivity index (χ2n) is 10.1. The van der Waals surface area contributed by atoms with Gasteiger partial charge in [0, 0.05) is 42.3 Å². The number of nitrogens with zero attached hydrogens (tertiary/aromatic N) is 1. The fourth-order valence-electron chi connectivity index (χ4n) is 6.11. The molecule has 1 saturated carbocycles. The van der Waals surface area contributed by atoms with E-state index in [1.165, 1.54) is 17.0 Å². The molecule has 2 aromatic carbocycles. The number of ether oxygens (including phenoxy) is 2. The largest absolute Gasteiger partial charge is 0.496 e. The maximum absolute atomic E-state index is 13.5. The smallest absolute Gasteiger partial charge is 0.253 e. The lowest BCUT2D eigenvalue weighted by molar-refractivity contribution is -0.927. The van der Waals surface area contributed by atoms with Crippen molar-refractivity contribution >= 4 is 5.91 Å². The topological polar surface area (TPSA) is 64.9 Å². The van der Waals surface area contributed by atoms with E-state index in [4.69, 9.17) is 9.47 Å². The summed E-state index contributed by atoms with van der Waals surface area (Å²) in [6.07, 6.45) is 4.85. The van der Waals surface area contributed by atoms with Crippen molar-refractivity contribution in [3.05, 3.63) is 77.4 Å². The Morgan fingerprint density at radius 1 is 1.11 bits per heavy atom. The number of pyridine rings is 1. The first-order chi connectivity index (χ1) is 18.0. The number of nitrogens with one attached hydrogen (secondary N) is 2. The van der Waals surface area contributed by atoms with Gasteiger partial charge in [-0.3, -0.25) is 9.78 Å². The molecule has 2 N–H and O–H groups in total. The Bertz CT molecular complexity index is 1250. The summed E-state index contributed by atoms with van der Waals surface area (Å²) in [6.45, 7) is 6.34. The number of hydrogen-bond donors (Lipinski definition) is 2. The minimum Gasteiger partial charge on any atom is -0.496 e. The van der Waals surface area contributed by atoms with E-state index in [9.17, 15) is 9.18 Å². The molecule has 1 aliphatic heterocycles. The average Bonchev–Trinajstić information content (AvgIpc) is 3.48. The van der Waals surface area contributed by atoms with Crippen LogP contribution >= 0.6 is 0 Å². The van der Waals surface area contributed by atoms with Gasteiger partial charge in [-0.15, -0.1) is 0 Å². The van der Waals surface area contributed by atoms with Gasteiger partial charge in [-0.1, -0.05) is 12.1 Å². The Balaban J connectivity index is 1.31. The van der Waals surface area contributed by atoms with E-state index >= 15 is 0 Å². The molecule has 1 aliphatic carbocycles. The van der Waals surface area contributed by atoms with Crippen LogP contribution in [0.2, 0.25) is 0 Å². The van der Waals surface area contributed by atoms with Gasteiger partial charge in [0.15, 0.2) is 0 Å². The highest BCUT2D eigenvalue weighted by molar-refractivity contribution is 5.94. The van der Waals surface area contributed by atoms with E-state index in [2.05, 4.69) is 22.4 Å². The second-order valence-corrected chi connectivity index (χ2v) is 10.1. The lowest BCUT2D eigenvalue weighted by Crippen LogP contribution is -3.12. The quantitative estimate of drug-likeness (QED) is 0.487. The molecule has 7 heteroatoms. The summed E-state index contributed by atoms with van der Waals surface area (Å²) in [4.78, 5) is 18.6. The lowest BCUT2D eigenvalue weighted by Gasteiger charge is -2.23. The van der Waals surface area contributed by atoms with Crippen molar-refractivity contribution in [1.82, 2.24) is 10.3 Å². The van der Waals surface area contributed by atoms with Crippen molar-refractivity contribution in [3.63, 3.8) is 0 Å². The Hall–Kier alpha value is -3.45. The summed E-state index contributed by atoms with van der Waals surface area (Å²) >= 11 is 0. The van der Waals surface area contributed by atoms with Crippen molar-refractivity contribution in [3.8, 4) is 22.6 Å². The number of likely N-dealkylation sites (tertiary alicyclic amines) is 1. The summed E-state index contributed by atoms with van der Waals surface area (Å²) in [5.41, 5.74) is 4.38. The molecule has 1 amide bonds. The fourth-order valence-corrected chi connectivity index (χ4v) is 6.11. The van der Waals surface area contributed by atoms with Gasteiger partial charge in [0.2, 0.25) is 0 Å². The molecule has 2 fully saturated rings. The zero-order valence-corrected chi connectivity index (χ0v) is 21.7. The number of rotatable bonds is 8. The number of benzene rings is 2. The van der Waals surface area contributed by atoms with Crippen LogP contribution in [0, 0.1) is 18.7 Å².